The number of benzene rings is 1. The van der Waals surface area contributed by atoms with Crippen LogP contribution >= 0.6 is 23.2 Å². The Labute approximate surface area is 219 Å². The second-order valence-corrected chi connectivity index (χ2v) is 9.58. The van der Waals surface area contributed by atoms with Crippen molar-refractivity contribution in [3.05, 3.63) is 88.4 Å². The summed E-state index contributed by atoms with van der Waals surface area (Å²) in [6, 6.07) is 8.24. The van der Waals surface area contributed by atoms with E-state index >= 15 is 0 Å². The number of anilines is 1. The molecule has 0 saturated heterocycles. The molecular formula is C29H32Cl2N4. The number of nitrogens with one attached hydrogen (secondary N) is 2. The van der Waals surface area contributed by atoms with Gasteiger partial charge in [0, 0.05) is 46.2 Å². The normalized spacial score (nSPS) is 16.3. The van der Waals surface area contributed by atoms with Crippen molar-refractivity contribution < 1.29 is 0 Å². The number of nitriles is 1. The van der Waals surface area contributed by atoms with Crippen molar-refractivity contribution in [3.8, 4) is 17.2 Å². The Morgan fingerprint density at radius 2 is 2.03 bits per heavy atom. The number of hydrogen-bond acceptors (Lipinski definition) is 4. The van der Waals surface area contributed by atoms with Gasteiger partial charge in [-0.05, 0) is 73.4 Å². The fraction of sp³-hybridized carbons (Fsp3) is 0.310. The maximum absolute atomic E-state index is 9.35. The van der Waals surface area contributed by atoms with Gasteiger partial charge in [0.1, 0.15) is 0 Å². The minimum atomic E-state index is -0.0955. The number of aromatic nitrogens is 1. The zero-order valence-electron chi connectivity index (χ0n) is 20.3. The van der Waals surface area contributed by atoms with Crippen LogP contribution in [0.5, 0.6) is 0 Å². The molecule has 0 radical (unpaired) electrons. The van der Waals surface area contributed by atoms with E-state index in [1.165, 1.54) is 0 Å². The molecule has 6 heteroatoms. The number of nitrogens with zero attached hydrogens (tertiary/aromatic N) is 2. The predicted molar refractivity (Wildman–Crippen MR) is 149 cm³/mol. The highest BCUT2D eigenvalue weighted by atomic mass is 35.5. The molecule has 1 aromatic heterocycles. The number of rotatable bonds is 11. The molecular weight excluding hydrogens is 475 g/mol. The summed E-state index contributed by atoms with van der Waals surface area (Å²) in [5.74, 6) is -0.0955. The summed E-state index contributed by atoms with van der Waals surface area (Å²) in [6.07, 6.45) is 17.6. The topological polar surface area (TPSA) is 60.7 Å². The molecule has 0 amide bonds. The fourth-order valence-electron chi connectivity index (χ4n) is 4.26. The van der Waals surface area contributed by atoms with Gasteiger partial charge in [0.05, 0.1) is 17.7 Å². The molecule has 3 rings (SSSR count). The molecule has 0 fully saturated rings. The number of pyridine rings is 1. The summed E-state index contributed by atoms with van der Waals surface area (Å²) in [5, 5.41) is 17.5. The van der Waals surface area contributed by atoms with Crippen LogP contribution in [0.15, 0.2) is 72.7 Å². The van der Waals surface area contributed by atoms with Gasteiger partial charge in [0.2, 0.25) is 0 Å². The van der Waals surface area contributed by atoms with Crippen LogP contribution in [0.25, 0.3) is 17.2 Å². The SMILES string of the molecule is C=CNC(CCC)CCNc1c(/C=C(\C)C2=CC(C#N)CC=C2)cncc1-c1cc(Cl)cc(Cl)c1. The van der Waals surface area contributed by atoms with E-state index in [4.69, 9.17) is 23.2 Å². The Bertz CT molecular complexity index is 1150. The summed E-state index contributed by atoms with van der Waals surface area (Å²) in [6.45, 7) is 8.84. The minimum absolute atomic E-state index is 0.0955. The molecule has 1 heterocycles. The lowest BCUT2D eigenvalue weighted by molar-refractivity contribution is 0.512. The summed E-state index contributed by atoms with van der Waals surface area (Å²) >= 11 is 12.6. The third-order valence-electron chi connectivity index (χ3n) is 6.00. The smallest absolute Gasteiger partial charge is 0.0701 e. The van der Waals surface area contributed by atoms with Gasteiger partial charge in [-0.3, -0.25) is 4.98 Å². The molecule has 4 nitrogen and oxygen atoms in total. The molecule has 0 aliphatic heterocycles. The maximum Gasteiger partial charge on any atom is 0.0701 e. The standard InChI is InChI=1S/C29H32Cl2N4/c1-4-7-27(34-5-2)10-11-35-29-24(12-20(3)22-9-6-8-21(13-22)17-32)18-33-19-28(29)23-14-25(30)16-26(31)15-23/h5-6,9,12-16,18-19,21,27,34H,2,4,7-8,10-11H2,1,3H3,(H,33,35)/b20-12+. The van der Waals surface area contributed by atoms with Gasteiger partial charge in [-0.15, -0.1) is 0 Å². The zero-order chi connectivity index (χ0) is 25.2. The largest absolute Gasteiger partial charge is 0.389 e. The predicted octanol–water partition coefficient (Wildman–Crippen LogP) is 8.19. The molecule has 2 atom stereocenters. The van der Waals surface area contributed by atoms with E-state index in [2.05, 4.69) is 60.3 Å². The second-order valence-electron chi connectivity index (χ2n) is 8.70. The van der Waals surface area contributed by atoms with Crippen molar-refractivity contribution in [1.82, 2.24) is 10.3 Å². The van der Waals surface area contributed by atoms with Crippen LogP contribution < -0.4 is 10.6 Å². The van der Waals surface area contributed by atoms with Gasteiger partial charge < -0.3 is 10.6 Å². The van der Waals surface area contributed by atoms with Crippen molar-refractivity contribution in [3.63, 3.8) is 0 Å². The molecule has 182 valence electrons. The van der Waals surface area contributed by atoms with Crippen molar-refractivity contribution >= 4 is 35.0 Å². The lowest BCUT2D eigenvalue weighted by atomic mass is 9.92. The molecule has 2 unspecified atom stereocenters. The van der Waals surface area contributed by atoms with Gasteiger partial charge in [0.15, 0.2) is 0 Å². The lowest BCUT2D eigenvalue weighted by Gasteiger charge is -2.20. The van der Waals surface area contributed by atoms with Gasteiger partial charge in [-0.1, -0.05) is 61.4 Å². The van der Waals surface area contributed by atoms with Crippen molar-refractivity contribution in [1.29, 1.82) is 5.26 Å². The second kappa shape index (κ2) is 13.2. The summed E-state index contributed by atoms with van der Waals surface area (Å²) in [5.41, 5.74) is 5.91. The Morgan fingerprint density at radius 1 is 1.26 bits per heavy atom. The highest BCUT2D eigenvalue weighted by Gasteiger charge is 2.14. The molecule has 0 saturated carbocycles. The number of halogens is 2. The van der Waals surface area contributed by atoms with Crippen LogP contribution in [0.3, 0.4) is 0 Å². The highest BCUT2D eigenvalue weighted by molar-refractivity contribution is 6.35. The van der Waals surface area contributed by atoms with E-state index in [0.717, 1.165) is 65.8 Å². The summed E-state index contributed by atoms with van der Waals surface area (Å²) < 4.78 is 0. The Kier molecular flexibility index (Phi) is 10.0. The monoisotopic (exact) mass is 506 g/mol. The molecule has 1 aromatic carbocycles. The first-order valence-electron chi connectivity index (χ1n) is 12.0. The van der Waals surface area contributed by atoms with Gasteiger partial charge in [-0.25, -0.2) is 0 Å². The molecule has 2 aromatic rings. The van der Waals surface area contributed by atoms with Crippen molar-refractivity contribution in [2.75, 3.05) is 11.9 Å². The maximum atomic E-state index is 9.35. The van der Waals surface area contributed by atoms with E-state index in [-0.39, 0.29) is 5.92 Å². The first-order chi connectivity index (χ1) is 16.9. The zero-order valence-corrected chi connectivity index (χ0v) is 21.8. The van der Waals surface area contributed by atoms with Crippen LogP contribution in [0.2, 0.25) is 10.0 Å². The quantitative estimate of drug-likeness (QED) is 0.322. The van der Waals surface area contributed by atoms with E-state index in [1.54, 1.807) is 12.3 Å². The van der Waals surface area contributed by atoms with E-state index in [1.807, 2.05) is 30.6 Å². The minimum Gasteiger partial charge on any atom is -0.389 e. The van der Waals surface area contributed by atoms with Crippen LogP contribution in [-0.2, 0) is 0 Å². The average molecular weight is 508 g/mol. The molecule has 1 aliphatic carbocycles. The number of hydrogen-bond donors (Lipinski definition) is 2. The van der Waals surface area contributed by atoms with Crippen LogP contribution in [0.4, 0.5) is 5.69 Å². The fourth-order valence-corrected chi connectivity index (χ4v) is 4.79. The Hall–Kier alpha value is -3.00. The molecule has 0 bridgehead atoms. The van der Waals surface area contributed by atoms with Crippen LogP contribution in [0.1, 0.15) is 45.1 Å². The third kappa shape index (κ3) is 7.49. The summed E-state index contributed by atoms with van der Waals surface area (Å²) in [7, 11) is 0. The molecule has 35 heavy (non-hydrogen) atoms. The van der Waals surface area contributed by atoms with Crippen molar-refractivity contribution in [2.24, 2.45) is 5.92 Å². The van der Waals surface area contributed by atoms with Gasteiger partial charge >= 0.3 is 0 Å². The van der Waals surface area contributed by atoms with Crippen LogP contribution in [0, 0.1) is 17.2 Å². The number of allylic oxidation sites excluding steroid dienone is 5. The van der Waals surface area contributed by atoms with Gasteiger partial charge in [0.25, 0.3) is 0 Å². The van der Waals surface area contributed by atoms with E-state index in [0.29, 0.717) is 16.1 Å². The van der Waals surface area contributed by atoms with Gasteiger partial charge in [-0.2, -0.15) is 5.26 Å². The Morgan fingerprint density at radius 3 is 2.71 bits per heavy atom. The highest BCUT2D eigenvalue weighted by Crippen LogP contribution is 2.35. The molecule has 1 aliphatic rings. The van der Waals surface area contributed by atoms with Crippen LogP contribution in [-0.4, -0.2) is 17.6 Å². The van der Waals surface area contributed by atoms with E-state index < -0.39 is 0 Å². The lowest BCUT2D eigenvalue weighted by Crippen LogP contribution is -2.26. The summed E-state index contributed by atoms with van der Waals surface area (Å²) in [4.78, 5) is 4.53. The third-order valence-corrected chi connectivity index (χ3v) is 6.43. The molecule has 0 spiro atoms. The van der Waals surface area contributed by atoms with Crippen molar-refractivity contribution in [2.45, 2.75) is 45.6 Å². The average Bonchev–Trinajstić information content (AvgIpc) is 2.84. The van der Waals surface area contributed by atoms with E-state index in [9.17, 15) is 5.26 Å². The molecule has 2 N–H and O–H groups in total. The first-order valence-corrected chi connectivity index (χ1v) is 12.7. The first kappa shape index (κ1) is 26.6. The Balaban J connectivity index is 2.00.